The van der Waals surface area contributed by atoms with Crippen LogP contribution in [0.15, 0.2) is 18.7 Å². The molecule has 0 aliphatic rings. The van der Waals surface area contributed by atoms with Gasteiger partial charge in [-0.1, -0.05) is 13.5 Å². The lowest BCUT2D eigenvalue weighted by molar-refractivity contribution is 0.326. The molecular weight excluding hydrogens is 276 g/mol. The quantitative estimate of drug-likeness (QED) is 0.915. The molecule has 5 heteroatoms. The van der Waals surface area contributed by atoms with Crippen LogP contribution in [0.1, 0.15) is 37.9 Å². The number of aryl methyl sites for hydroxylation is 2. The van der Waals surface area contributed by atoms with Gasteiger partial charge < -0.3 is 10.5 Å². The van der Waals surface area contributed by atoms with Crippen molar-refractivity contribution in [2.75, 3.05) is 12.3 Å². The van der Waals surface area contributed by atoms with Gasteiger partial charge in [-0.25, -0.2) is 15.0 Å². The first kappa shape index (κ1) is 15.9. The topological polar surface area (TPSA) is 73.9 Å². The largest absolute Gasteiger partial charge is 0.478 e. The summed E-state index contributed by atoms with van der Waals surface area (Å²) in [6.45, 7) is 12.3. The molecule has 116 valence electrons. The average Bonchev–Trinajstić information content (AvgIpc) is 2.47. The fraction of sp³-hybridized carbons (Fsp3) is 0.353. The lowest BCUT2D eigenvalue weighted by Gasteiger charge is -2.13. The van der Waals surface area contributed by atoms with Crippen LogP contribution >= 0.6 is 0 Å². The molecule has 0 spiro atoms. The molecule has 0 atom stereocenters. The third-order valence-corrected chi connectivity index (χ3v) is 3.33. The third kappa shape index (κ3) is 3.08. The summed E-state index contributed by atoms with van der Waals surface area (Å²) in [5.74, 6) is 1.04. The summed E-state index contributed by atoms with van der Waals surface area (Å²) in [7, 11) is 0. The first-order chi connectivity index (χ1) is 10.5. The highest BCUT2D eigenvalue weighted by Gasteiger charge is 2.15. The molecule has 2 aromatic rings. The fourth-order valence-electron chi connectivity index (χ4n) is 2.30. The molecule has 0 saturated carbocycles. The van der Waals surface area contributed by atoms with E-state index < -0.39 is 0 Å². The third-order valence-electron chi connectivity index (χ3n) is 3.33. The lowest BCUT2D eigenvalue weighted by atomic mass is 10.1. The Morgan fingerprint density at radius 1 is 1.23 bits per heavy atom. The Morgan fingerprint density at radius 2 is 1.95 bits per heavy atom. The zero-order valence-corrected chi connectivity index (χ0v) is 13.6. The number of ether oxygens (including phenoxy) is 1. The second-order valence-corrected chi connectivity index (χ2v) is 5.10. The van der Waals surface area contributed by atoms with Crippen LogP contribution in [0.2, 0.25) is 0 Å². The van der Waals surface area contributed by atoms with Gasteiger partial charge in [0.05, 0.1) is 23.7 Å². The van der Waals surface area contributed by atoms with Crippen molar-refractivity contribution in [1.82, 2.24) is 15.0 Å². The summed E-state index contributed by atoms with van der Waals surface area (Å²) >= 11 is 0. The SMILES string of the molecule is C=C(C)c1nc(-c2ccc(OCC)nc2CC)c(C)nc1N. The molecule has 2 rings (SSSR count). The van der Waals surface area contributed by atoms with Crippen molar-refractivity contribution in [2.24, 2.45) is 0 Å². The van der Waals surface area contributed by atoms with E-state index in [1.807, 2.05) is 32.9 Å². The first-order valence-electron chi connectivity index (χ1n) is 7.41. The zero-order chi connectivity index (χ0) is 16.3. The number of anilines is 1. The highest BCUT2D eigenvalue weighted by molar-refractivity contribution is 5.72. The highest BCUT2D eigenvalue weighted by atomic mass is 16.5. The van der Waals surface area contributed by atoms with Gasteiger partial charge >= 0.3 is 0 Å². The normalized spacial score (nSPS) is 10.5. The maximum absolute atomic E-state index is 5.93. The summed E-state index contributed by atoms with van der Waals surface area (Å²) < 4.78 is 5.47. The standard InChI is InChI=1S/C17H22N4O/c1-6-13-12(8-9-14(20-13)22-7-2)16-11(5)19-17(18)15(21-16)10(3)4/h8-9H,3,6-7H2,1-2,4-5H3,(H2,18,19). The van der Waals surface area contributed by atoms with Crippen molar-refractivity contribution in [2.45, 2.75) is 34.1 Å². The second-order valence-electron chi connectivity index (χ2n) is 5.10. The maximum atomic E-state index is 5.93. The number of pyridine rings is 1. The Hall–Kier alpha value is -2.43. The van der Waals surface area contributed by atoms with Crippen molar-refractivity contribution in [1.29, 1.82) is 0 Å². The molecule has 0 bridgehead atoms. The molecule has 0 fully saturated rings. The van der Waals surface area contributed by atoms with Crippen molar-refractivity contribution in [3.8, 4) is 17.1 Å². The van der Waals surface area contributed by atoms with Crippen molar-refractivity contribution in [3.63, 3.8) is 0 Å². The van der Waals surface area contributed by atoms with Crippen LogP contribution in [0.3, 0.4) is 0 Å². The van der Waals surface area contributed by atoms with Gasteiger partial charge in [-0.15, -0.1) is 0 Å². The van der Waals surface area contributed by atoms with Crippen LogP contribution in [-0.2, 0) is 6.42 Å². The molecular formula is C17H22N4O. The Labute approximate surface area is 131 Å². The maximum Gasteiger partial charge on any atom is 0.213 e. The van der Waals surface area contributed by atoms with Gasteiger partial charge in [-0.05, 0) is 38.8 Å². The van der Waals surface area contributed by atoms with Crippen LogP contribution in [0.4, 0.5) is 5.82 Å². The number of hydrogen-bond donors (Lipinski definition) is 1. The predicted octanol–water partition coefficient (Wildman–Crippen LogP) is 3.42. The van der Waals surface area contributed by atoms with Crippen LogP contribution in [0.5, 0.6) is 5.88 Å². The van der Waals surface area contributed by atoms with E-state index in [0.29, 0.717) is 24.0 Å². The van der Waals surface area contributed by atoms with Gasteiger partial charge in [-0.2, -0.15) is 0 Å². The van der Waals surface area contributed by atoms with Crippen molar-refractivity contribution < 1.29 is 4.74 Å². The number of aromatic nitrogens is 3. The zero-order valence-electron chi connectivity index (χ0n) is 13.6. The van der Waals surface area contributed by atoms with E-state index in [-0.39, 0.29) is 0 Å². The Bertz CT molecular complexity index is 710. The molecule has 22 heavy (non-hydrogen) atoms. The molecule has 5 nitrogen and oxygen atoms in total. The molecule has 2 aromatic heterocycles. The number of nitrogens with zero attached hydrogens (tertiary/aromatic N) is 3. The predicted molar refractivity (Wildman–Crippen MR) is 89.7 cm³/mol. The molecule has 0 aliphatic carbocycles. The number of nitrogen functional groups attached to an aromatic ring is 1. The summed E-state index contributed by atoms with van der Waals surface area (Å²) in [5, 5.41) is 0. The monoisotopic (exact) mass is 298 g/mol. The van der Waals surface area contributed by atoms with E-state index >= 15 is 0 Å². The lowest BCUT2D eigenvalue weighted by Crippen LogP contribution is -2.06. The van der Waals surface area contributed by atoms with Gasteiger partial charge in [0.15, 0.2) is 0 Å². The molecule has 2 N–H and O–H groups in total. The number of rotatable bonds is 5. The minimum Gasteiger partial charge on any atom is -0.478 e. The molecule has 0 aliphatic heterocycles. The highest BCUT2D eigenvalue weighted by Crippen LogP contribution is 2.28. The van der Waals surface area contributed by atoms with Gasteiger partial charge in [0.1, 0.15) is 11.5 Å². The minimum atomic E-state index is 0.408. The second kappa shape index (κ2) is 6.56. The van der Waals surface area contributed by atoms with E-state index in [1.165, 1.54) is 0 Å². The Kier molecular flexibility index (Phi) is 4.75. The summed E-state index contributed by atoms with van der Waals surface area (Å²) in [6.07, 6.45) is 0.782. The van der Waals surface area contributed by atoms with Crippen molar-refractivity contribution >= 4 is 11.4 Å². The van der Waals surface area contributed by atoms with E-state index in [2.05, 4.69) is 28.5 Å². The molecule has 0 unspecified atom stereocenters. The van der Waals surface area contributed by atoms with Gasteiger partial charge in [0.2, 0.25) is 5.88 Å². The first-order valence-corrected chi connectivity index (χ1v) is 7.41. The Morgan fingerprint density at radius 3 is 2.55 bits per heavy atom. The minimum absolute atomic E-state index is 0.408. The number of hydrogen-bond acceptors (Lipinski definition) is 5. The molecule has 2 heterocycles. The Balaban J connectivity index is 2.60. The fourth-order valence-corrected chi connectivity index (χ4v) is 2.30. The van der Waals surface area contributed by atoms with Crippen LogP contribution in [0, 0.1) is 6.92 Å². The summed E-state index contributed by atoms with van der Waals surface area (Å²) in [4.78, 5) is 13.6. The van der Waals surface area contributed by atoms with Crippen LogP contribution in [0.25, 0.3) is 16.8 Å². The van der Waals surface area contributed by atoms with Crippen LogP contribution in [-0.4, -0.2) is 21.6 Å². The number of nitrogens with two attached hydrogens (primary N) is 1. The van der Waals surface area contributed by atoms with E-state index in [0.717, 1.165) is 34.6 Å². The molecule has 0 saturated heterocycles. The summed E-state index contributed by atoms with van der Waals surface area (Å²) in [5.41, 5.74) is 10.8. The molecule has 0 aromatic carbocycles. The van der Waals surface area contributed by atoms with E-state index in [1.54, 1.807) is 0 Å². The van der Waals surface area contributed by atoms with Crippen LogP contribution < -0.4 is 10.5 Å². The molecule has 0 radical (unpaired) electrons. The number of allylic oxidation sites excluding steroid dienone is 1. The summed E-state index contributed by atoms with van der Waals surface area (Å²) in [6, 6.07) is 3.84. The van der Waals surface area contributed by atoms with Gasteiger partial charge in [0, 0.05) is 11.6 Å². The molecule has 0 amide bonds. The van der Waals surface area contributed by atoms with Gasteiger partial charge in [-0.3, -0.25) is 0 Å². The van der Waals surface area contributed by atoms with Gasteiger partial charge in [0.25, 0.3) is 0 Å². The van der Waals surface area contributed by atoms with E-state index in [9.17, 15) is 0 Å². The van der Waals surface area contributed by atoms with E-state index in [4.69, 9.17) is 10.5 Å². The average molecular weight is 298 g/mol. The van der Waals surface area contributed by atoms with Crippen molar-refractivity contribution in [3.05, 3.63) is 35.8 Å². The smallest absolute Gasteiger partial charge is 0.213 e.